The van der Waals surface area contributed by atoms with Gasteiger partial charge in [0.15, 0.2) is 6.10 Å². The van der Waals surface area contributed by atoms with Crippen LogP contribution in [-0.2, 0) is 14.3 Å². The van der Waals surface area contributed by atoms with Gasteiger partial charge < -0.3 is 20.1 Å². The molecular weight excluding hydrogens is 424 g/mol. The topological polar surface area (TPSA) is 93.7 Å². The fraction of sp³-hybridized carbons (Fsp3) is 0.190. The van der Waals surface area contributed by atoms with Crippen LogP contribution >= 0.6 is 22.7 Å². The van der Waals surface area contributed by atoms with Gasteiger partial charge in [0.25, 0.3) is 5.91 Å². The second kappa shape index (κ2) is 8.68. The molecule has 1 aromatic carbocycles. The quantitative estimate of drug-likeness (QED) is 0.553. The Morgan fingerprint density at radius 3 is 2.80 bits per heavy atom. The minimum Gasteiger partial charge on any atom is -0.478 e. The first kappa shape index (κ1) is 20.1. The van der Waals surface area contributed by atoms with Crippen LogP contribution < -0.4 is 15.4 Å². The van der Waals surface area contributed by atoms with Crippen LogP contribution in [-0.4, -0.2) is 30.5 Å². The summed E-state index contributed by atoms with van der Waals surface area (Å²) in [6.07, 6.45) is -1.14. The number of nitrogens with one attached hydrogen (secondary N) is 2. The van der Waals surface area contributed by atoms with Crippen LogP contribution in [0.3, 0.4) is 0 Å². The molecule has 1 atom stereocenters. The van der Waals surface area contributed by atoms with E-state index in [0.29, 0.717) is 27.6 Å². The van der Waals surface area contributed by atoms with Crippen molar-refractivity contribution in [2.75, 3.05) is 17.2 Å². The van der Waals surface area contributed by atoms with Crippen LogP contribution in [0, 0.1) is 0 Å². The van der Waals surface area contributed by atoms with Crippen molar-refractivity contribution < 1.29 is 23.9 Å². The van der Waals surface area contributed by atoms with Crippen LogP contribution in [0.4, 0.5) is 10.7 Å². The van der Waals surface area contributed by atoms with Crippen molar-refractivity contribution in [3.05, 3.63) is 52.7 Å². The molecule has 3 heterocycles. The average molecular weight is 443 g/mol. The van der Waals surface area contributed by atoms with Crippen molar-refractivity contribution in [1.82, 2.24) is 0 Å². The summed E-state index contributed by atoms with van der Waals surface area (Å²) >= 11 is 2.73. The van der Waals surface area contributed by atoms with Crippen molar-refractivity contribution in [1.29, 1.82) is 0 Å². The van der Waals surface area contributed by atoms with Crippen molar-refractivity contribution in [2.24, 2.45) is 0 Å². The SMILES string of the molecule is CCOC(=O)c1c(-c2cccs2)csc1NC(=O)CC1Oc2ccccc2NC1=O. The van der Waals surface area contributed by atoms with Gasteiger partial charge in [-0.05, 0) is 30.5 Å². The molecule has 30 heavy (non-hydrogen) atoms. The van der Waals surface area contributed by atoms with E-state index in [-0.39, 0.29) is 18.9 Å². The summed E-state index contributed by atoms with van der Waals surface area (Å²) in [5.41, 5.74) is 1.60. The first-order valence-corrected chi connectivity index (χ1v) is 11.0. The van der Waals surface area contributed by atoms with E-state index in [1.807, 2.05) is 22.9 Å². The second-order valence-electron chi connectivity index (χ2n) is 6.40. The highest BCUT2D eigenvalue weighted by atomic mass is 32.1. The van der Waals surface area contributed by atoms with E-state index in [2.05, 4.69) is 10.6 Å². The molecule has 0 bridgehead atoms. The number of amides is 2. The van der Waals surface area contributed by atoms with Gasteiger partial charge >= 0.3 is 5.97 Å². The number of hydrogen-bond donors (Lipinski definition) is 2. The van der Waals surface area contributed by atoms with Gasteiger partial charge in [0, 0.05) is 15.8 Å². The number of ether oxygens (including phenoxy) is 2. The molecule has 7 nitrogen and oxygen atoms in total. The monoisotopic (exact) mass is 442 g/mol. The number of para-hydroxylation sites is 2. The Hall–Kier alpha value is -3.17. The first-order chi connectivity index (χ1) is 14.6. The molecule has 0 saturated carbocycles. The van der Waals surface area contributed by atoms with Crippen LogP contribution in [0.15, 0.2) is 47.2 Å². The fourth-order valence-corrected chi connectivity index (χ4v) is 4.83. The molecule has 0 spiro atoms. The summed E-state index contributed by atoms with van der Waals surface area (Å²) in [5, 5.41) is 9.60. The first-order valence-electron chi connectivity index (χ1n) is 9.25. The van der Waals surface area contributed by atoms with Crippen molar-refractivity contribution in [3.63, 3.8) is 0 Å². The number of fused-ring (bicyclic) bond motifs is 1. The van der Waals surface area contributed by atoms with Gasteiger partial charge in [0.1, 0.15) is 16.3 Å². The zero-order chi connectivity index (χ0) is 21.1. The van der Waals surface area contributed by atoms with E-state index >= 15 is 0 Å². The van der Waals surface area contributed by atoms with E-state index in [1.54, 1.807) is 31.2 Å². The number of hydrogen-bond acceptors (Lipinski definition) is 7. The molecular formula is C21H18N2O5S2. The number of anilines is 2. The Morgan fingerprint density at radius 1 is 1.20 bits per heavy atom. The lowest BCUT2D eigenvalue weighted by atomic mass is 10.1. The molecule has 2 aromatic heterocycles. The summed E-state index contributed by atoms with van der Waals surface area (Å²) in [6.45, 7) is 1.95. The third kappa shape index (κ3) is 4.07. The zero-order valence-corrected chi connectivity index (χ0v) is 17.6. The minimum atomic E-state index is -0.956. The number of carbonyl (C=O) groups excluding carboxylic acids is 3. The molecule has 9 heteroatoms. The summed E-state index contributed by atoms with van der Waals surface area (Å²) < 4.78 is 10.9. The molecule has 3 aromatic rings. The normalized spacial score (nSPS) is 15.0. The molecule has 0 aliphatic carbocycles. The van der Waals surface area contributed by atoms with Gasteiger partial charge in [0.2, 0.25) is 5.91 Å². The van der Waals surface area contributed by atoms with Gasteiger partial charge in [-0.15, -0.1) is 22.7 Å². The standard InChI is InChI=1S/C21H18N2O5S2/c1-2-27-21(26)18-12(16-8-5-9-29-16)11-30-20(18)23-17(24)10-15-19(25)22-13-6-3-4-7-14(13)28-15/h3-9,11,15H,2,10H2,1H3,(H,22,25)(H,23,24). The van der Waals surface area contributed by atoms with Gasteiger partial charge in [0.05, 0.1) is 18.7 Å². The lowest BCUT2D eigenvalue weighted by molar-refractivity contribution is -0.128. The van der Waals surface area contributed by atoms with Crippen LogP contribution in [0.25, 0.3) is 10.4 Å². The third-order valence-electron chi connectivity index (χ3n) is 4.39. The van der Waals surface area contributed by atoms with Crippen LogP contribution in [0.5, 0.6) is 5.75 Å². The van der Waals surface area contributed by atoms with E-state index < -0.39 is 18.0 Å². The number of esters is 1. The van der Waals surface area contributed by atoms with Gasteiger partial charge in [-0.2, -0.15) is 0 Å². The Morgan fingerprint density at radius 2 is 2.03 bits per heavy atom. The molecule has 1 unspecified atom stereocenters. The summed E-state index contributed by atoms with van der Waals surface area (Å²) in [4.78, 5) is 38.4. The predicted octanol–water partition coefficient (Wildman–Crippen LogP) is 4.38. The zero-order valence-electron chi connectivity index (χ0n) is 16.0. The fourth-order valence-electron chi connectivity index (χ4n) is 3.04. The Labute approximate surface area is 180 Å². The molecule has 2 amide bonds. The van der Waals surface area contributed by atoms with Gasteiger partial charge in [-0.25, -0.2) is 4.79 Å². The highest BCUT2D eigenvalue weighted by Gasteiger charge is 2.30. The molecule has 0 fully saturated rings. The molecule has 2 N–H and O–H groups in total. The second-order valence-corrected chi connectivity index (χ2v) is 8.22. The van der Waals surface area contributed by atoms with Crippen LogP contribution in [0.2, 0.25) is 0 Å². The summed E-state index contributed by atoms with van der Waals surface area (Å²) in [5.74, 6) is -0.809. The maximum Gasteiger partial charge on any atom is 0.341 e. The van der Waals surface area contributed by atoms with E-state index in [1.165, 1.54) is 22.7 Å². The Kier molecular flexibility index (Phi) is 5.82. The molecule has 1 aliphatic heterocycles. The van der Waals surface area contributed by atoms with Crippen molar-refractivity contribution in [2.45, 2.75) is 19.4 Å². The number of benzene rings is 1. The highest BCUT2D eigenvalue weighted by Crippen LogP contribution is 2.38. The third-order valence-corrected chi connectivity index (χ3v) is 6.19. The smallest absolute Gasteiger partial charge is 0.341 e. The molecule has 154 valence electrons. The van der Waals surface area contributed by atoms with Crippen LogP contribution in [0.1, 0.15) is 23.7 Å². The molecule has 0 saturated heterocycles. The summed E-state index contributed by atoms with van der Waals surface area (Å²) in [6, 6.07) is 10.8. The highest BCUT2D eigenvalue weighted by molar-refractivity contribution is 7.17. The van der Waals surface area contributed by atoms with Crippen molar-refractivity contribution >= 4 is 51.1 Å². The Balaban J connectivity index is 1.52. The maximum absolute atomic E-state index is 12.7. The predicted molar refractivity (Wildman–Crippen MR) is 116 cm³/mol. The van der Waals surface area contributed by atoms with E-state index in [4.69, 9.17) is 9.47 Å². The Bertz CT molecular complexity index is 1090. The number of rotatable bonds is 6. The van der Waals surface area contributed by atoms with E-state index in [9.17, 15) is 14.4 Å². The van der Waals surface area contributed by atoms with E-state index in [0.717, 1.165) is 4.88 Å². The van der Waals surface area contributed by atoms with Gasteiger partial charge in [-0.3, -0.25) is 9.59 Å². The maximum atomic E-state index is 12.7. The molecule has 4 rings (SSSR count). The largest absolute Gasteiger partial charge is 0.478 e. The lowest BCUT2D eigenvalue weighted by Crippen LogP contribution is -2.39. The number of thiophene rings is 2. The summed E-state index contributed by atoms with van der Waals surface area (Å²) in [7, 11) is 0. The minimum absolute atomic E-state index is 0.186. The van der Waals surface area contributed by atoms with Gasteiger partial charge in [-0.1, -0.05) is 18.2 Å². The van der Waals surface area contributed by atoms with Crippen molar-refractivity contribution in [3.8, 4) is 16.2 Å². The number of carbonyl (C=O) groups is 3. The molecule has 1 aliphatic rings. The average Bonchev–Trinajstić information content (AvgIpc) is 3.38. The lowest BCUT2D eigenvalue weighted by Gasteiger charge is -2.25. The molecule has 0 radical (unpaired) electrons.